The first-order valence-corrected chi connectivity index (χ1v) is 4.16. The monoisotopic (exact) mass is 175 g/mol. The van der Waals surface area contributed by atoms with Gasteiger partial charge in [-0.2, -0.15) is 0 Å². The molecule has 0 aliphatic carbocycles. The number of para-hydroxylation sites is 1. The number of rotatable bonds is 3. The summed E-state index contributed by atoms with van der Waals surface area (Å²) in [7, 11) is 0. The van der Waals surface area contributed by atoms with Crippen molar-refractivity contribution < 1.29 is 4.79 Å². The highest BCUT2D eigenvalue weighted by Gasteiger charge is 2.06. The van der Waals surface area contributed by atoms with Crippen LogP contribution in [0, 0.1) is 0 Å². The third-order valence-corrected chi connectivity index (χ3v) is 1.94. The van der Waals surface area contributed by atoms with Gasteiger partial charge in [0.05, 0.1) is 0 Å². The first-order valence-electron chi connectivity index (χ1n) is 4.16. The fraction of sp³-hybridized carbons (Fsp3) is 0.182. The lowest BCUT2D eigenvalue weighted by Crippen LogP contribution is -2.02. The zero-order valence-electron chi connectivity index (χ0n) is 7.71. The second-order valence-corrected chi connectivity index (χ2v) is 2.93. The van der Waals surface area contributed by atoms with Crippen LogP contribution in [0.3, 0.4) is 0 Å². The van der Waals surface area contributed by atoms with E-state index in [0.29, 0.717) is 17.7 Å². The van der Waals surface area contributed by atoms with E-state index in [-0.39, 0.29) is 5.78 Å². The first-order chi connectivity index (χ1) is 6.16. The molecular formula is C11H13NO. The van der Waals surface area contributed by atoms with E-state index in [1.54, 1.807) is 12.1 Å². The lowest BCUT2D eigenvalue weighted by Gasteiger charge is -2.06. The van der Waals surface area contributed by atoms with Gasteiger partial charge in [0, 0.05) is 11.3 Å². The van der Waals surface area contributed by atoms with Crippen molar-refractivity contribution in [3.63, 3.8) is 0 Å². The molecule has 0 aliphatic heterocycles. The summed E-state index contributed by atoms with van der Waals surface area (Å²) in [6.45, 7) is 5.15. The Kier molecular flexibility index (Phi) is 2.85. The zero-order valence-corrected chi connectivity index (χ0v) is 7.71. The van der Waals surface area contributed by atoms with Crippen molar-refractivity contribution in [1.82, 2.24) is 0 Å². The maximum absolute atomic E-state index is 11.1. The SMILES string of the molecule is C=CCc1cccc(C(C)=O)c1N. The van der Waals surface area contributed by atoms with Crippen LogP contribution in [-0.4, -0.2) is 5.78 Å². The van der Waals surface area contributed by atoms with Crippen molar-refractivity contribution in [3.8, 4) is 0 Å². The van der Waals surface area contributed by atoms with E-state index in [2.05, 4.69) is 6.58 Å². The number of ketones is 1. The van der Waals surface area contributed by atoms with Crippen LogP contribution >= 0.6 is 0 Å². The number of nitrogen functional groups attached to an aromatic ring is 1. The average Bonchev–Trinajstić information content (AvgIpc) is 2.08. The molecule has 2 heteroatoms. The molecule has 0 bridgehead atoms. The first kappa shape index (κ1) is 9.52. The van der Waals surface area contributed by atoms with Gasteiger partial charge >= 0.3 is 0 Å². The summed E-state index contributed by atoms with van der Waals surface area (Å²) < 4.78 is 0. The summed E-state index contributed by atoms with van der Waals surface area (Å²) in [6.07, 6.45) is 2.47. The minimum atomic E-state index is 0.00316. The molecule has 2 N–H and O–H groups in total. The topological polar surface area (TPSA) is 43.1 Å². The van der Waals surface area contributed by atoms with E-state index in [0.717, 1.165) is 5.56 Å². The molecule has 0 amide bonds. The Hall–Kier alpha value is -1.57. The molecule has 0 saturated heterocycles. The molecule has 0 aromatic heterocycles. The van der Waals surface area contributed by atoms with Gasteiger partial charge in [0.25, 0.3) is 0 Å². The molecule has 0 radical (unpaired) electrons. The minimum Gasteiger partial charge on any atom is -0.398 e. The predicted molar refractivity (Wildman–Crippen MR) is 54.8 cm³/mol. The number of hydrogen-bond donors (Lipinski definition) is 1. The molecule has 68 valence electrons. The van der Waals surface area contributed by atoms with Crippen molar-refractivity contribution in [2.45, 2.75) is 13.3 Å². The maximum atomic E-state index is 11.1. The number of hydrogen-bond acceptors (Lipinski definition) is 2. The molecule has 0 saturated carbocycles. The highest BCUT2D eigenvalue weighted by atomic mass is 16.1. The van der Waals surface area contributed by atoms with Crippen LogP contribution in [0.5, 0.6) is 0 Å². The summed E-state index contributed by atoms with van der Waals surface area (Å²) in [4.78, 5) is 11.1. The van der Waals surface area contributed by atoms with Crippen molar-refractivity contribution in [3.05, 3.63) is 42.0 Å². The third-order valence-electron chi connectivity index (χ3n) is 1.94. The third kappa shape index (κ3) is 1.96. The normalized spacial score (nSPS) is 9.62. The van der Waals surface area contributed by atoms with E-state index in [9.17, 15) is 4.79 Å². The van der Waals surface area contributed by atoms with E-state index in [1.807, 2.05) is 12.1 Å². The van der Waals surface area contributed by atoms with Gasteiger partial charge in [-0.25, -0.2) is 0 Å². The summed E-state index contributed by atoms with van der Waals surface area (Å²) in [6, 6.07) is 5.49. The molecule has 0 fully saturated rings. The largest absolute Gasteiger partial charge is 0.398 e. The number of allylic oxidation sites excluding steroid dienone is 1. The molecule has 1 aromatic rings. The van der Waals surface area contributed by atoms with E-state index >= 15 is 0 Å². The van der Waals surface area contributed by atoms with Crippen LogP contribution in [0.4, 0.5) is 5.69 Å². The van der Waals surface area contributed by atoms with Crippen molar-refractivity contribution in [1.29, 1.82) is 0 Å². The highest BCUT2D eigenvalue weighted by Crippen LogP contribution is 2.18. The van der Waals surface area contributed by atoms with E-state index in [1.165, 1.54) is 6.92 Å². The van der Waals surface area contributed by atoms with Crippen molar-refractivity contribution in [2.24, 2.45) is 0 Å². The second kappa shape index (κ2) is 3.90. The molecular weight excluding hydrogens is 162 g/mol. The lowest BCUT2D eigenvalue weighted by molar-refractivity contribution is 0.101. The standard InChI is InChI=1S/C11H13NO/c1-3-5-9-6-4-7-10(8(2)13)11(9)12/h3-4,6-7H,1,5,12H2,2H3. The Morgan fingerprint density at radius 2 is 2.31 bits per heavy atom. The Balaban J connectivity index is 3.17. The van der Waals surface area contributed by atoms with Gasteiger partial charge in [-0.15, -0.1) is 6.58 Å². The zero-order chi connectivity index (χ0) is 9.84. The Morgan fingerprint density at radius 1 is 1.62 bits per heavy atom. The van der Waals surface area contributed by atoms with Gasteiger partial charge in [-0.05, 0) is 25.0 Å². The van der Waals surface area contributed by atoms with Gasteiger partial charge in [0.15, 0.2) is 5.78 Å². The highest BCUT2D eigenvalue weighted by molar-refractivity contribution is 5.99. The van der Waals surface area contributed by atoms with Crippen molar-refractivity contribution >= 4 is 11.5 Å². The average molecular weight is 175 g/mol. The summed E-state index contributed by atoms with van der Waals surface area (Å²) in [5, 5.41) is 0. The van der Waals surface area contributed by atoms with Gasteiger partial charge in [-0.1, -0.05) is 18.2 Å². The van der Waals surface area contributed by atoms with Gasteiger partial charge in [0.1, 0.15) is 0 Å². The fourth-order valence-corrected chi connectivity index (χ4v) is 1.25. The second-order valence-electron chi connectivity index (χ2n) is 2.93. The van der Waals surface area contributed by atoms with Crippen LogP contribution in [0.25, 0.3) is 0 Å². The molecule has 13 heavy (non-hydrogen) atoms. The molecule has 1 rings (SSSR count). The van der Waals surface area contributed by atoms with Crippen LogP contribution in [-0.2, 0) is 6.42 Å². The smallest absolute Gasteiger partial charge is 0.161 e. The Bertz CT molecular complexity index is 342. The number of Topliss-reactive ketones (excluding diaryl/α,β-unsaturated/α-hetero) is 1. The van der Waals surface area contributed by atoms with Crippen LogP contribution in [0.2, 0.25) is 0 Å². The lowest BCUT2D eigenvalue weighted by atomic mass is 10.0. The number of carbonyl (C=O) groups is 1. The molecule has 0 spiro atoms. The number of carbonyl (C=O) groups excluding carboxylic acids is 1. The molecule has 1 aromatic carbocycles. The van der Waals surface area contributed by atoms with E-state index in [4.69, 9.17) is 5.73 Å². The number of nitrogens with two attached hydrogens (primary N) is 1. The van der Waals surface area contributed by atoms with E-state index < -0.39 is 0 Å². The number of anilines is 1. The van der Waals surface area contributed by atoms with Crippen molar-refractivity contribution in [2.75, 3.05) is 5.73 Å². The summed E-state index contributed by atoms with van der Waals surface area (Å²) in [5.74, 6) is 0.00316. The van der Waals surface area contributed by atoms with Gasteiger partial charge in [-0.3, -0.25) is 4.79 Å². The molecule has 0 aliphatic rings. The van der Waals surface area contributed by atoms with Crippen LogP contribution in [0.1, 0.15) is 22.8 Å². The Morgan fingerprint density at radius 3 is 2.85 bits per heavy atom. The summed E-state index contributed by atoms with van der Waals surface area (Å²) in [5.41, 5.74) is 7.94. The molecule has 0 atom stereocenters. The minimum absolute atomic E-state index is 0.00316. The quantitative estimate of drug-likeness (QED) is 0.434. The predicted octanol–water partition coefficient (Wildman–Crippen LogP) is 2.20. The maximum Gasteiger partial charge on any atom is 0.161 e. The number of benzene rings is 1. The molecule has 0 heterocycles. The summed E-state index contributed by atoms with van der Waals surface area (Å²) >= 11 is 0. The fourth-order valence-electron chi connectivity index (χ4n) is 1.25. The van der Waals surface area contributed by atoms with Gasteiger partial charge in [0.2, 0.25) is 0 Å². The van der Waals surface area contributed by atoms with Crippen LogP contribution < -0.4 is 5.73 Å². The molecule has 2 nitrogen and oxygen atoms in total. The van der Waals surface area contributed by atoms with Gasteiger partial charge < -0.3 is 5.73 Å². The molecule has 0 unspecified atom stereocenters. The Labute approximate surface area is 78.1 Å². The van der Waals surface area contributed by atoms with Crippen LogP contribution in [0.15, 0.2) is 30.9 Å².